The molecule has 1 aliphatic rings. The second kappa shape index (κ2) is 4.56. The quantitative estimate of drug-likeness (QED) is 0.812. The van der Waals surface area contributed by atoms with E-state index in [2.05, 4.69) is 50.4 Å². The van der Waals surface area contributed by atoms with E-state index >= 15 is 0 Å². The van der Waals surface area contributed by atoms with Gasteiger partial charge in [0.15, 0.2) is 0 Å². The lowest BCUT2D eigenvalue weighted by Gasteiger charge is -2.19. The fourth-order valence-corrected chi connectivity index (χ4v) is 2.20. The number of rotatable bonds is 2. The lowest BCUT2D eigenvalue weighted by molar-refractivity contribution is -0.125. The zero-order valence-corrected chi connectivity index (χ0v) is 11.1. The summed E-state index contributed by atoms with van der Waals surface area (Å²) < 4.78 is 0. The van der Waals surface area contributed by atoms with Crippen molar-refractivity contribution in [3.8, 4) is 0 Å². The first-order valence-electron chi connectivity index (χ1n) is 6.29. The van der Waals surface area contributed by atoms with Gasteiger partial charge >= 0.3 is 0 Å². The normalized spacial score (nSPS) is 20.1. The largest absolute Gasteiger partial charge is 0.296 e. The van der Waals surface area contributed by atoms with E-state index in [0.717, 1.165) is 5.56 Å². The number of hydrogen-bond acceptors (Lipinski definition) is 2. The number of hydrogen-bond donors (Lipinski definition) is 1. The lowest BCUT2D eigenvalue weighted by Crippen LogP contribution is -2.22. The summed E-state index contributed by atoms with van der Waals surface area (Å²) in [4.78, 5) is 22.6. The number of carbonyl (C=O) groups is 2. The zero-order valence-electron chi connectivity index (χ0n) is 11.1. The summed E-state index contributed by atoms with van der Waals surface area (Å²) in [5.74, 6) is -0.491. The number of amides is 2. The maximum atomic E-state index is 11.5. The van der Waals surface area contributed by atoms with Crippen LogP contribution in [0.1, 0.15) is 38.3 Å². The molecular formula is C15H19NO2. The Hall–Kier alpha value is -1.64. The van der Waals surface area contributed by atoms with Crippen LogP contribution in [0.15, 0.2) is 24.3 Å². The van der Waals surface area contributed by atoms with Gasteiger partial charge in [-0.25, -0.2) is 0 Å². The highest BCUT2D eigenvalue weighted by molar-refractivity contribution is 6.03. The highest BCUT2D eigenvalue weighted by atomic mass is 16.2. The van der Waals surface area contributed by atoms with Crippen LogP contribution in [0.25, 0.3) is 0 Å². The van der Waals surface area contributed by atoms with Gasteiger partial charge < -0.3 is 0 Å². The Morgan fingerprint density at radius 3 is 2.22 bits per heavy atom. The van der Waals surface area contributed by atoms with Crippen LogP contribution in [-0.2, 0) is 21.4 Å². The second-order valence-corrected chi connectivity index (χ2v) is 5.96. The summed E-state index contributed by atoms with van der Waals surface area (Å²) >= 11 is 0. The van der Waals surface area contributed by atoms with Gasteiger partial charge in [-0.3, -0.25) is 14.9 Å². The van der Waals surface area contributed by atoms with Crippen molar-refractivity contribution in [2.75, 3.05) is 0 Å². The van der Waals surface area contributed by atoms with Gasteiger partial charge in [-0.15, -0.1) is 0 Å². The zero-order chi connectivity index (χ0) is 13.3. The highest BCUT2D eigenvalue weighted by Gasteiger charge is 2.30. The molecule has 1 saturated heterocycles. The van der Waals surface area contributed by atoms with E-state index in [4.69, 9.17) is 0 Å². The molecule has 1 N–H and O–H groups in total. The summed E-state index contributed by atoms with van der Waals surface area (Å²) in [5, 5.41) is 2.34. The Morgan fingerprint density at radius 1 is 1.17 bits per heavy atom. The Bertz CT molecular complexity index is 468. The first-order valence-corrected chi connectivity index (χ1v) is 6.29. The van der Waals surface area contributed by atoms with E-state index in [0.29, 0.717) is 12.8 Å². The molecule has 0 bridgehead atoms. The van der Waals surface area contributed by atoms with Crippen LogP contribution in [0.4, 0.5) is 0 Å². The van der Waals surface area contributed by atoms with Crippen molar-refractivity contribution in [3.63, 3.8) is 0 Å². The fourth-order valence-electron chi connectivity index (χ4n) is 2.20. The molecule has 2 amide bonds. The van der Waals surface area contributed by atoms with Crippen molar-refractivity contribution in [2.45, 2.75) is 39.0 Å². The van der Waals surface area contributed by atoms with Crippen LogP contribution < -0.4 is 5.32 Å². The molecule has 1 aromatic carbocycles. The molecule has 1 fully saturated rings. The highest BCUT2D eigenvalue weighted by Crippen LogP contribution is 2.24. The number of imide groups is 1. The third kappa shape index (κ3) is 2.78. The minimum Gasteiger partial charge on any atom is -0.296 e. The van der Waals surface area contributed by atoms with E-state index < -0.39 is 0 Å². The summed E-state index contributed by atoms with van der Waals surface area (Å²) in [7, 11) is 0. The molecule has 0 radical (unpaired) electrons. The Balaban J connectivity index is 2.07. The summed E-state index contributed by atoms with van der Waals surface area (Å²) in [6.07, 6.45) is 0.960. The average molecular weight is 245 g/mol. The van der Waals surface area contributed by atoms with E-state index in [-0.39, 0.29) is 23.1 Å². The summed E-state index contributed by atoms with van der Waals surface area (Å²) in [6.45, 7) is 6.52. The topological polar surface area (TPSA) is 46.2 Å². The van der Waals surface area contributed by atoms with Gasteiger partial charge in [0.25, 0.3) is 0 Å². The molecule has 0 spiro atoms. The molecule has 0 aliphatic carbocycles. The number of benzene rings is 1. The molecule has 1 aromatic rings. The molecule has 0 aromatic heterocycles. The Morgan fingerprint density at radius 2 is 1.78 bits per heavy atom. The van der Waals surface area contributed by atoms with E-state index in [1.807, 2.05) is 0 Å². The molecule has 3 heteroatoms. The molecule has 96 valence electrons. The van der Waals surface area contributed by atoms with E-state index in [1.165, 1.54) is 5.56 Å². The summed E-state index contributed by atoms with van der Waals surface area (Å²) in [6, 6.07) is 8.31. The second-order valence-electron chi connectivity index (χ2n) is 5.96. The van der Waals surface area contributed by atoms with Gasteiger partial charge in [0, 0.05) is 6.42 Å². The van der Waals surface area contributed by atoms with Crippen LogP contribution in [-0.4, -0.2) is 11.8 Å². The first kappa shape index (κ1) is 12.8. The molecular weight excluding hydrogens is 226 g/mol. The maximum absolute atomic E-state index is 11.5. The fraction of sp³-hybridized carbons (Fsp3) is 0.467. The van der Waals surface area contributed by atoms with Crippen LogP contribution in [0.5, 0.6) is 0 Å². The Labute approximate surface area is 108 Å². The standard InChI is InChI=1S/C15H19NO2/c1-15(2,3)12-6-4-10(5-7-12)8-11-9-13(17)16-14(11)18/h4-7,11H,8-9H2,1-3H3,(H,16,17,18). The molecule has 0 saturated carbocycles. The molecule has 1 aliphatic heterocycles. The van der Waals surface area contributed by atoms with Crippen molar-refractivity contribution in [1.82, 2.24) is 5.32 Å². The number of nitrogens with one attached hydrogen (secondary N) is 1. The van der Waals surface area contributed by atoms with Crippen molar-refractivity contribution < 1.29 is 9.59 Å². The predicted octanol–water partition coefficient (Wildman–Crippen LogP) is 2.19. The van der Waals surface area contributed by atoms with Crippen LogP contribution in [0, 0.1) is 5.92 Å². The van der Waals surface area contributed by atoms with Crippen molar-refractivity contribution in [1.29, 1.82) is 0 Å². The van der Waals surface area contributed by atoms with Gasteiger partial charge in [0.05, 0.1) is 5.92 Å². The predicted molar refractivity (Wildman–Crippen MR) is 70.1 cm³/mol. The van der Waals surface area contributed by atoms with Gasteiger partial charge in [-0.05, 0) is 23.0 Å². The third-order valence-electron chi connectivity index (χ3n) is 3.37. The maximum Gasteiger partial charge on any atom is 0.230 e. The number of carbonyl (C=O) groups excluding carboxylic acids is 2. The monoisotopic (exact) mass is 245 g/mol. The van der Waals surface area contributed by atoms with E-state index in [1.54, 1.807) is 0 Å². The summed E-state index contributed by atoms with van der Waals surface area (Å²) in [5.41, 5.74) is 2.52. The van der Waals surface area contributed by atoms with Gasteiger partial charge in [0.2, 0.25) is 11.8 Å². The van der Waals surface area contributed by atoms with Crippen LogP contribution in [0.2, 0.25) is 0 Å². The lowest BCUT2D eigenvalue weighted by atomic mass is 9.86. The van der Waals surface area contributed by atoms with Crippen molar-refractivity contribution in [2.24, 2.45) is 5.92 Å². The van der Waals surface area contributed by atoms with E-state index in [9.17, 15) is 9.59 Å². The molecule has 3 nitrogen and oxygen atoms in total. The minimum atomic E-state index is -0.196. The Kier molecular flexibility index (Phi) is 3.24. The van der Waals surface area contributed by atoms with Gasteiger partial charge in [-0.2, -0.15) is 0 Å². The van der Waals surface area contributed by atoms with Crippen LogP contribution in [0.3, 0.4) is 0 Å². The van der Waals surface area contributed by atoms with Crippen molar-refractivity contribution in [3.05, 3.63) is 35.4 Å². The molecule has 2 rings (SSSR count). The van der Waals surface area contributed by atoms with Gasteiger partial charge in [0.1, 0.15) is 0 Å². The minimum absolute atomic E-state index is 0.138. The average Bonchev–Trinajstić information content (AvgIpc) is 2.57. The molecule has 1 atom stereocenters. The molecule has 1 unspecified atom stereocenters. The smallest absolute Gasteiger partial charge is 0.230 e. The van der Waals surface area contributed by atoms with Crippen LogP contribution >= 0.6 is 0 Å². The van der Waals surface area contributed by atoms with Crippen molar-refractivity contribution >= 4 is 11.8 Å². The molecule has 1 heterocycles. The SMILES string of the molecule is CC(C)(C)c1ccc(CC2CC(=O)NC2=O)cc1. The first-order chi connectivity index (χ1) is 8.36. The van der Waals surface area contributed by atoms with Gasteiger partial charge in [-0.1, -0.05) is 45.0 Å². The third-order valence-corrected chi connectivity index (χ3v) is 3.37. The molecule has 18 heavy (non-hydrogen) atoms.